The van der Waals surface area contributed by atoms with Crippen molar-refractivity contribution in [2.45, 2.75) is 44.6 Å². The zero-order chi connectivity index (χ0) is 17.6. The molecule has 4 nitrogen and oxygen atoms in total. The minimum Gasteiger partial charge on any atom is -0.350 e. The first-order chi connectivity index (χ1) is 12.0. The van der Waals surface area contributed by atoms with Gasteiger partial charge in [-0.3, -0.25) is 9.59 Å². The third kappa shape index (κ3) is 3.26. The third-order valence-electron chi connectivity index (χ3n) is 5.92. The molecule has 6 heteroatoms. The summed E-state index contributed by atoms with van der Waals surface area (Å²) >= 11 is 5.75. The van der Waals surface area contributed by atoms with Gasteiger partial charge in [0, 0.05) is 30.6 Å². The number of carbonyl (C=O) groups is 2. The second kappa shape index (κ2) is 6.27. The normalized spacial score (nSPS) is 24.2. The highest BCUT2D eigenvalue weighted by Crippen LogP contribution is 2.51. The van der Waals surface area contributed by atoms with Crippen LogP contribution in [0.2, 0.25) is 5.02 Å². The van der Waals surface area contributed by atoms with Crippen LogP contribution in [0.5, 0.6) is 0 Å². The van der Waals surface area contributed by atoms with Crippen molar-refractivity contribution in [3.63, 3.8) is 0 Å². The van der Waals surface area contributed by atoms with Crippen LogP contribution >= 0.6 is 11.6 Å². The summed E-state index contributed by atoms with van der Waals surface area (Å²) in [6, 6.07) is 4.01. The molecule has 3 aliphatic rings. The second-order valence-corrected chi connectivity index (χ2v) is 8.20. The molecule has 1 N–H and O–H groups in total. The summed E-state index contributed by atoms with van der Waals surface area (Å²) in [5.41, 5.74) is 0.613. The topological polar surface area (TPSA) is 49.4 Å². The van der Waals surface area contributed by atoms with Gasteiger partial charge in [0.25, 0.3) is 5.91 Å². The predicted molar refractivity (Wildman–Crippen MR) is 92.9 cm³/mol. The summed E-state index contributed by atoms with van der Waals surface area (Å²) in [6.07, 6.45) is 6.55. The number of amides is 2. The zero-order valence-corrected chi connectivity index (χ0v) is 14.8. The minimum absolute atomic E-state index is 0.0625. The highest BCUT2D eigenvalue weighted by molar-refractivity contribution is 6.31. The monoisotopic (exact) mass is 364 g/mol. The van der Waals surface area contributed by atoms with E-state index in [1.165, 1.54) is 37.5 Å². The lowest BCUT2D eigenvalue weighted by Gasteiger charge is -2.37. The van der Waals surface area contributed by atoms with Crippen molar-refractivity contribution in [1.82, 2.24) is 10.2 Å². The molecule has 0 aromatic heterocycles. The number of benzene rings is 1. The molecule has 0 bridgehead atoms. The molecule has 1 heterocycles. The Hall–Kier alpha value is -1.62. The van der Waals surface area contributed by atoms with Crippen LogP contribution in [0.25, 0.3) is 0 Å². The molecule has 134 valence electrons. The maximum absolute atomic E-state index is 13.2. The number of carbonyl (C=O) groups excluding carboxylic acids is 2. The number of rotatable bonds is 4. The maximum Gasteiger partial charge on any atom is 0.251 e. The number of hydrogen-bond acceptors (Lipinski definition) is 2. The summed E-state index contributed by atoms with van der Waals surface area (Å²) in [7, 11) is 0. The van der Waals surface area contributed by atoms with Gasteiger partial charge in [-0.2, -0.15) is 0 Å². The van der Waals surface area contributed by atoms with E-state index in [0.717, 1.165) is 25.8 Å². The van der Waals surface area contributed by atoms with Gasteiger partial charge in [-0.25, -0.2) is 4.39 Å². The van der Waals surface area contributed by atoms with Gasteiger partial charge in [0.15, 0.2) is 0 Å². The van der Waals surface area contributed by atoms with Gasteiger partial charge >= 0.3 is 0 Å². The summed E-state index contributed by atoms with van der Waals surface area (Å²) in [5.74, 6) is -0.366. The van der Waals surface area contributed by atoms with Gasteiger partial charge in [-0.15, -0.1) is 0 Å². The Balaban J connectivity index is 1.42. The van der Waals surface area contributed by atoms with E-state index in [4.69, 9.17) is 11.6 Å². The Bertz CT molecular complexity index is 715. The third-order valence-corrected chi connectivity index (χ3v) is 6.21. The largest absolute Gasteiger partial charge is 0.350 e. The van der Waals surface area contributed by atoms with Crippen molar-refractivity contribution in [2.75, 3.05) is 13.1 Å². The Labute approximate surface area is 151 Å². The highest BCUT2D eigenvalue weighted by Gasteiger charge is 2.50. The van der Waals surface area contributed by atoms with E-state index in [0.29, 0.717) is 12.1 Å². The SMILES string of the molecule is O=C(NCC1CC2(CCC2)CN1C(=O)C1CC1)c1ccc(F)c(Cl)c1. The van der Waals surface area contributed by atoms with Gasteiger partial charge in [0.2, 0.25) is 5.91 Å². The summed E-state index contributed by atoms with van der Waals surface area (Å²) < 4.78 is 13.2. The Morgan fingerprint density at radius 2 is 2.08 bits per heavy atom. The number of likely N-dealkylation sites (tertiary alicyclic amines) is 1. The van der Waals surface area contributed by atoms with Gasteiger partial charge in [-0.1, -0.05) is 18.0 Å². The highest BCUT2D eigenvalue weighted by atomic mass is 35.5. The van der Waals surface area contributed by atoms with Crippen LogP contribution in [0, 0.1) is 17.2 Å². The van der Waals surface area contributed by atoms with E-state index in [1.54, 1.807) is 0 Å². The van der Waals surface area contributed by atoms with E-state index < -0.39 is 5.82 Å². The van der Waals surface area contributed by atoms with E-state index >= 15 is 0 Å². The fourth-order valence-electron chi connectivity index (χ4n) is 4.16. The Kier molecular flexibility index (Phi) is 4.22. The first kappa shape index (κ1) is 16.8. The smallest absolute Gasteiger partial charge is 0.251 e. The average Bonchev–Trinajstić information content (AvgIpc) is 3.33. The molecule has 2 aliphatic carbocycles. The van der Waals surface area contributed by atoms with Crippen LogP contribution in [0.4, 0.5) is 4.39 Å². The molecule has 2 saturated carbocycles. The molecule has 1 atom stereocenters. The second-order valence-electron chi connectivity index (χ2n) is 7.79. The maximum atomic E-state index is 13.2. The van der Waals surface area contributed by atoms with Gasteiger partial charge < -0.3 is 10.2 Å². The standard InChI is InChI=1S/C19H22ClFN2O2/c20-15-8-13(4-5-16(15)21)17(24)22-10-14-9-19(6-1-7-19)11-23(14)18(25)12-2-3-12/h4-5,8,12,14H,1-3,6-7,9-11H2,(H,22,24). The van der Waals surface area contributed by atoms with Crippen molar-refractivity contribution in [3.05, 3.63) is 34.6 Å². The van der Waals surface area contributed by atoms with E-state index in [1.807, 2.05) is 4.90 Å². The van der Waals surface area contributed by atoms with Crippen molar-refractivity contribution in [1.29, 1.82) is 0 Å². The zero-order valence-electron chi connectivity index (χ0n) is 14.1. The molecule has 1 spiro atoms. The molecule has 1 aromatic rings. The van der Waals surface area contributed by atoms with Crippen LogP contribution in [0.15, 0.2) is 18.2 Å². The number of hydrogen-bond donors (Lipinski definition) is 1. The molecule has 0 radical (unpaired) electrons. The molecule has 4 rings (SSSR count). The lowest BCUT2D eigenvalue weighted by molar-refractivity contribution is -0.133. The summed E-state index contributed by atoms with van der Waals surface area (Å²) in [5, 5.41) is 2.84. The summed E-state index contributed by atoms with van der Waals surface area (Å²) in [4.78, 5) is 26.9. The lowest BCUT2D eigenvalue weighted by Crippen LogP contribution is -2.44. The predicted octanol–water partition coefficient (Wildman–Crippen LogP) is 3.39. The van der Waals surface area contributed by atoms with Gasteiger partial charge in [0.05, 0.1) is 5.02 Å². The fourth-order valence-corrected chi connectivity index (χ4v) is 4.34. The Morgan fingerprint density at radius 1 is 1.32 bits per heavy atom. The van der Waals surface area contributed by atoms with E-state index in [2.05, 4.69) is 5.32 Å². The van der Waals surface area contributed by atoms with E-state index in [9.17, 15) is 14.0 Å². The molecule has 1 saturated heterocycles. The van der Waals surface area contributed by atoms with Gasteiger partial charge in [0.1, 0.15) is 5.82 Å². The molecular weight excluding hydrogens is 343 g/mol. The van der Waals surface area contributed by atoms with Crippen LogP contribution < -0.4 is 5.32 Å². The van der Waals surface area contributed by atoms with Crippen LogP contribution in [-0.4, -0.2) is 35.8 Å². The van der Waals surface area contributed by atoms with Crippen molar-refractivity contribution in [3.8, 4) is 0 Å². The molecule has 1 unspecified atom stereocenters. The van der Waals surface area contributed by atoms with E-state index in [-0.39, 0.29) is 34.2 Å². The minimum atomic E-state index is -0.540. The average molecular weight is 365 g/mol. The molecule has 25 heavy (non-hydrogen) atoms. The Morgan fingerprint density at radius 3 is 2.68 bits per heavy atom. The van der Waals surface area contributed by atoms with Crippen molar-refractivity contribution < 1.29 is 14.0 Å². The molecular formula is C19H22ClFN2O2. The fraction of sp³-hybridized carbons (Fsp3) is 0.579. The summed E-state index contributed by atoms with van der Waals surface area (Å²) in [6.45, 7) is 1.28. The molecule has 3 fully saturated rings. The van der Waals surface area contributed by atoms with Crippen molar-refractivity contribution in [2.24, 2.45) is 11.3 Å². The first-order valence-corrected chi connectivity index (χ1v) is 9.39. The van der Waals surface area contributed by atoms with Gasteiger partial charge in [-0.05, 0) is 55.7 Å². The molecule has 1 aliphatic heterocycles. The van der Waals surface area contributed by atoms with Crippen LogP contribution in [0.1, 0.15) is 48.9 Å². The molecule has 2 amide bonds. The first-order valence-electron chi connectivity index (χ1n) is 9.01. The van der Waals surface area contributed by atoms with Crippen molar-refractivity contribution >= 4 is 23.4 Å². The lowest BCUT2D eigenvalue weighted by atomic mass is 9.67. The number of halogens is 2. The quantitative estimate of drug-likeness (QED) is 0.890. The molecule has 1 aromatic carbocycles. The van der Waals surface area contributed by atoms with Crippen LogP contribution in [-0.2, 0) is 4.79 Å². The van der Waals surface area contributed by atoms with Crippen LogP contribution in [0.3, 0.4) is 0 Å². The number of nitrogens with one attached hydrogen (secondary N) is 1. The number of nitrogens with zero attached hydrogens (tertiary/aromatic N) is 1.